The second-order valence-electron chi connectivity index (χ2n) is 4.91. The van der Waals surface area contributed by atoms with E-state index in [4.69, 9.17) is 0 Å². The lowest BCUT2D eigenvalue weighted by Gasteiger charge is -2.25. The zero-order chi connectivity index (χ0) is 14.4. The third kappa shape index (κ3) is 2.86. The number of rotatable bonds is 5. The average molecular weight is 368 g/mol. The third-order valence-corrected chi connectivity index (χ3v) is 7.46. The van der Waals surface area contributed by atoms with Gasteiger partial charge in [-0.1, -0.05) is 0 Å². The number of carboxylic acids is 1. The van der Waals surface area contributed by atoms with E-state index < -0.39 is 21.5 Å². The van der Waals surface area contributed by atoms with E-state index in [-0.39, 0.29) is 10.1 Å². The lowest BCUT2D eigenvalue weighted by Crippen LogP contribution is -2.53. The third-order valence-electron chi connectivity index (χ3n) is 3.28. The predicted molar refractivity (Wildman–Crippen MR) is 75.8 cm³/mol. The number of aryl methyl sites for hydroxylation is 1. The van der Waals surface area contributed by atoms with Gasteiger partial charge >= 0.3 is 5.97 Å². The van der Waals surface area contributed by atoms with Gasteiger partial charge in [-0.2, -0.15) is 4.72 Å². The van der Waals surface area contributed by atoms with E-state index in [1.807, 2.05) is 0 Å². The molecule has 1 unspecified atom stereocenters. The number of aliphatic carboxylic acids is 1. The zero-order valence-electron chi connectivity index (χ0n) is 10.4. The van der Waals surface area contributed by atoms with Crippen molar-refractivity contribution in [1.29, 1.82) is 0 Å². The summed E-state index contributed by atoms with van der Waals surface area (Å²) >= 11 is 4.35. The number of hydrogen-bond donors (Lipinski definition) is 2. The van der Waals surface area contributed by atoms with E-state index in [0.717, 1.165) is 33.5 Å². The van der Waals surface area contributed by atoms with E-state index in [2.05, 4.69) is 20.7 Å². The highest BCUT2D eigenvalue weighted by Crippen LogP contribution is 2.41. The molecule has 8 heteroatoms. The number of halogens is 1. The largest absolute Gasteiger partial charge is 0.480 e. The molecule has 106 valence electrons. The fraction of sp³-hybridized carbons (Fsp3) is 0.545. The summed E-state index contributed by atoms with van der Waals surface area (Å²) in [5.41, 5.74) is -0.614. The molecule has 0 amide bonds. The van der Waals surface area contributed by atoms with Gasteiger partial charge in [0, 0.05) is 0 Å². The van der Waals surface area contributed by atoms with Crippen LogP contribution in [0.15, 0.2) is 14.1 Å². The van der Waals surface area contributed by atoms with E-state index in [1.165, 1.54) is 13.0 Å². The van der Waals surface area contributed by atoms with Crippen LogP contribution in [0.1, 0.15) is 25.3 Å². The predicted octanol–water partition coefficient (Wildman–Crippen LogP) is 2.35. The molecule has 0 spiro atoms. The topological polar surface area (TPSA) is 83.5 Å². The van der Waals surface area contributed by atoms with E-state index >= 15 is 0 Å². The Morgan fingerprint density at radius 1 is 1.58 bits per heavy atom. The van der Waals surface area contributed by atoms with Crippen molar-refractivity contribution in [2.75, 3.05) is 0 Å². The Kier molecular flexibility index (Phi) is 3.81. The molecule has 1 saturated carbocycles. The van der Waals surface area contributed by atoms with Crippen molar-refractivity contribution in [3.8, 4) is 0 Å². The van der Waals surface area contributed by atoms with Crippen LogP contribution in [0.5, 0.6) is 0 Å². The van der Waals surface area contributed by atoms with E-state index in [0.29, 0.717) is 0 Å². The molecule has 0 aliphatic heterocycles. The Morgan fingerprint density at radius 2 is 2.16 bits per heavy atom. The monoisotopic (exact) mass is 367 g/mol. The Labute approximate surface area is 124 Å². The molecule has 0 aromatic carbocycles. The summed E-state index contributed by atoms with van der Waals surface area (Å²) in [7, 11) is -3.81. The lowest BCUT2D eigenvalue weighted by atomic mass is 9.98. The fourth-order valence-corrected chi connectivity index (χ4v) is 5.51. The van der Waals surface area contributed by atoms with Crippen LogP contribution in [-0.2, 0) is 14.8 Å². The van der Waals surface area contributed by atoms with Crippen molar-refractivity contribution < 1.29 is 18.3 Å². The lowest BCUT2D eigenvalue weighted by molar-refractivity contribution is -0.144. The van der Waals surface area contributed by atoms with Gasteiger partial charge in [0.25, 0.3) is 10.0 Å². The second-order valence-corrected chi connectivity index (χ2v) is 9.19. The van der Waals surface area contributed by atoms with Crippen LogP contribution in [0.2, 0.25) is 0 Å². The van der Waals surface area contributed by atoms with Crippen LogP contribution in [0.4, 0.5) is 0 Å². The van der Waals surface area contributed by atoms with E-state index in [9.17, 15) is 18.3 Å². The van der Waals surface area contributed by atoms with Gasteiger partial charge in [0.15, 0.2) is 0 Å². The Hall–Kier alpha value is -0.440. The van der Waals surface area contributed by atoms with Crippen molar-refractivity contribution in [2.24, 2.45) is 5.92 Å². The smallest absolute Gasteiger partial charge is 0.324 e. The molecule has 19 heavy (non-hydrogen) atoms. The summed E-state index contributed by atoms with van der Waals surface area (Å²) in [5, 5.41) is 9.28. The van der Waals surface area contributed by atoms with Crippen LogP contribution >= 0.6 is 27.3 Å². The van der Waals surface area contributed by atoms with Crippen molar-refractivity contribution in [2.45, 2.75) is 36.4 Å². The first-order valence-electron chi connectivity index (χ1n) is 5.70. The normalized spacial score (nSPS) is 19.1. The molecule has 1 fully saturated rings. The maximum Gasteiger partial charge on any atom is 0.324 e. The highest BCUT2D eigenvalue weighted by atomic mass is 79.9. The summed E-state index contributed by atoms with van der Waals surface area (Å²) in [6.45, 7) is 3.22. The van der Waals surface area contributed by atoms with Gasteiger partial charge in [0.05, 0.1) is 3.79 Å². The first kappa shape index (κ1) is 15.0. The summed E-state index contributed by atoms with van der Waals surface area (Å²) < 4.78 is 27.7. The van der Waals surface area contributed by atoms with Gasteiger partial charge in [-0.15, -0.1) is 11.3 Å². The molecular formula is C11H14BrNO4S2. The van der Waals surface area contributed by atoms with Crippen LogP contribution < -0.4 is 4.72 Å². The minimum absolute atomic E-state index is 0.130. The number of thiophene rings is 1. The standard InChI is InChI=1S/C11H14BrNO4S2/c1-6-5-8(18-9(6)12)19(16,17)13-11(2,10(14)15)7-3-4-7/h5,7,13H,3-4H2,1-2H3,(H,14,15). The van der Waals surface area contributed by atoms with Crippen LogP contribution in [0.3, 0.4) is 0 Å². The number of nitrogens with one attached hydrogen (secondary N) is 1. The molecule has 0 bridgehead atoms. The van der Waals surface area contributed by atoms with Crippen LogP contribution in [-0.4, -0.2) is 25.0 Å². The average Bonchev–Trinajstić information content (AvgIpc) is 3.06. The number of hydrogen-bond acceptors (Lipinski definition) is 4. The van der Waals surface area contributed by atoms with Gasteiger partial charge in [-0.05, 0) is 60.2 Å². The summed E-state index contributed by atoms with van der Waals surface area (Å²) in [4.78, 5) is 11.4. The Morgan fingerprint density at radius 3 is 2.53 bits per heavy atom. The zero-order valence-corrected chi connectivity index (χ0v) is 13.7. The summed E-state index contributed by atoms with van der Waals surface area (Å²) in [5.74, 6) is -1.27. The van der Waals surface area contributed by atoms with Gasteiger partial charge in [0.2, 0.25) is 0 Å². The molecule has 1 aromatic heterocycles. The van der Waals surface area contributed by atoms with Gasteiger partial charge in [0.1, 0.15) is 9.75 Å². The number of carbonyl (C=O) groups is 1. The molecule has 0 saturated heterocycles. The molecule has 2 N–H and O–H groups in total. The molecular weight excluding hydrogens is 354 g/mol. The van der Waals surface area contributed by atoms with E-state index in [1.54, 1.807) is 6.92 Å². The maximum atomic E-state index is 12.3. The summed E-state index contributed by atoms with van der Waals surface area (Å²) in [6, 6.07) is 1.53. The first-order valence-corrected chi connectivity index (χ1v) is 8.79. The van der Waals surface area contributed by atoms with Crippen LogP contribution in [0, 0.1) is 12.8 Å². The molecule has 2 rings (SSSR count). The maximum absolute atomic E-state index is 12.3. The molecule has 1 heterocycles. The summed E-state index contributed by atoms with van der Waals surface area (Å²) in [6.07, 6.45) is 1.47. The molecule has 1 atom stereocenters. The second kappa shape index (κ2) is 4.83. The molecule has 1 aliphatic rings. The number of sulfonamides is 1. The van der Waals surface area contributed by atoms with Crippen molar-refractivity contribution in [3.05, 3.63) is 15.4 Å². The highest BCUT2D eigenvalue weighted by molar-refractivity contribution is 9.11. The van der Waals surface area contributed by atoms with Crippen molar-refractivity contribution >= 4 is 43.3 Å². The number of carboxylic acid groups (broad SMARTS) is 1. The SMILES string of the molecule is Cc1cc(S(=O)(=O)NC(C)(C(=O)O)C2CC2)sc1Br. The Bertz CT molecular complexity index is 601. The van der Waals surface area contributed by atoms with Crippen LogP contribution in [0.25, 0.3) is 0 Å². The van der Waals surface area contributed by atoms with Gasteiger partial charge < -0.3 is 5.11 Å². The molecule has 0 radical (unpaired) electrons. The van der Waals surface area contributed by atoms with Gasteiger partial charge in [-0.3, -0.25) is 4.79 Å². The van der Waals surface area contributed by atoms with Crippen molar-refractivity contribution in [1.82, 2.24) is 4.72 Å². The quantitative estimate of drug-likeness (QED) is 0.836. The minimum Gasteiger partial charge on any atom is -0.480 e. The molecule has 1 aliphatic carbocycles. The highest BCUT2D eigenvalue weighted by Gasteiger charge is 2.50. The molecule has 5 nitrogen and oxygen atoms in total. The van der Waals surface area contributed by atoms with Crippen molar-refractivity contribution in [3.63, 3.8) is 0 Å². The fourth-order valence-electron chi connectivity index (χ4n) is 1.86. The first-order chi connectivity index (χ1) is 8.67. The molecule has 1 aromatic rings. The van der Waals surface area contributed by atoms with Gasteiger partial charge in [-0.25, -0.2) is 8.42 Å². The Balaban J connectivity index is 2.32. The minimum atomic E-state index is -3.81.